The van der Waals surface area contributed by atoms with E-state index < -0.39 is 16.3 Å². The van der Waals surface area contributed by atoms with Crippen molar-refractivity contribution in [1.82, 2.24) is 15.1 Å². The Hall–Kier alpha value is -0.440. The van der Waals surface area contributed by atoms with Crippen molar-refractivity contribution >= 4 is 35.4 Å². The van der Waals surface area contributed by atoms with E-state index in [1.165, 1.54) is 0 Å². The van der Waals surface area contributed by atoms with Crippen LogP contribution in [0.2, 0.25) is 0 Å². The number of hydrogen-bond acceptors (Lipinski definition) is 6. The molecule has 2 unspecified atom stereocenters. The fraction of sp³-hybridized carbons (Fsp3) is 0.778. The van der Waals surface area contributed by atoms with E-state index in [0.29, 0.717) is 12.4 Å². The average molecular weight is 273 g/mol. The number of carboxylic acid groups (broad SMARTS) is 1. The predicted octanol–water partition coefficient (Wildman–Crippen LogP) is -1.01. The molecule has 2 spiro atoms. The molecule has 4 fully saturated rings. The minimum atomic E-state index is -0.785. The van der Waals surface area contributed by atoms with E-state index in [0.717, 1.165) is 12.3 Å². The maximum Gasteiger partial charge on any atom is 0.321 e. The summed E-state index contributed by atoms with van der Waals surface area (Å²) in [7, 11) is 0. The maximum absolute atomic E-state index is 12.2. The monoisotopic (exact) mass is 273 g/mol. The van der Waals surface area contributed by atoms with Crippen molar-refractivity contribution < 1.29 is 14.7 Å². The lowest BCUT2D eigenvalue weighted by Crippen LogP contribution is -2.76. The Morgan fingerprint density at radius 2 is 2.29 bits per heavy atom. The third-order valence-corrected chi connectivity index (χ3v) is 7.34. The molecular formula is C9H11N3O3S2. The quantitative estimate of drug-likeness (QED) is 0.592. The molecule has 2 N–H and O–H groups in total. The topological polar surface area (TPSA) is 82.8 Å². The molecule has 8 heteroatoms. The zero-order chi connectivity index (χ0) is 11.8. The van der Waals surface area contributed by atoms with Crippen LogP contribution in [0, 0.1) is 0 Å². The molecule has 4 aliphatic rings. The van der Waals surface area contributed by atoms with E-state index in [1.54, 1.807) is 23.5 Å². The highest BCUT2D eigenvalue weighted by molar-refractivity contribution is 8.18. The maximum atomic E-state index is 12.2. The number of nitrogens with one attached hydrogen (secondary N) is 1. The number of rotatable bonds is 1. The van der Waals surface area contributed by atoms with Gasteiger partial charge in [-0.2, -0.15) is 0 Å². The first-order valence-electron chi connectivity index (χ1n) is 5.44. The fourth-order valence-electron chi connectivity index (χ4n) is 2.64. The highest BCUT2D eigenvalue weighted by Gasteiger charge is 2.71. The van der Waals surface area contributed by atoms with E-state index >= 15 is 0 Å². The predicted molar refractivity (Wildman–Crippen MR) is 63.4 cm³/mol. The Kier molecular flexibility index (Phi) is 1.81. The molecule has 0 saturated carbocycles. The highest BCUT2D eigenvalue weighted by atomic mass is 32.2. The van der Waals surface area contributed by atoms with Crippen molar-refractivity contribution in [2.75, 3.05) is 24.7 Å². The largest absolute Gasteiger partial charge is 0.480 e. The van der Waals surface area contributed by atoms with Crippen LogP contribution in [0.3, 0.4) is 0 Å². The Morgan fingerprint density at radius 3 is 2.94 bits per heavy atom. The summed E-state index contributed by atoms with van der Waals surface area (Å²) in [6.45, 7) is 1.22. The number of aliphatic carboxylic acids is 1. The smallest absolute Gasteiger partial charge is 0.321 e. The molecule has 3 atom stereocenters. The van der Waals surface area contributed by atoms with Crippen molar-refractivity contribution in [3.8, 4) is 0 Å². The summed E-state index contributed by atoms with van der Waals surface area (Å²) in [4.78, 5) is 27.1. The van der Waals surface area contributed by atoms with Gasteiger partial charge in [-0.05, 0) is 0 Å². The molecule has 0 radical (unpaired) electrons. The lowest BCUT2D eigenvalue weighted by atomic mass is 10.1. The summed E-state index contributed by atoms with van der Waals surface area (Å²) in [5, 5.41) is 12.3. The van der Waals surface area contributed by atoms with Gasteiger partial charge in [0, 0.05) is 18.1 Å². The summed E-state index contributed by atoms with van der Waals surface area (Å²) in [5.41, 5.74) is -0.329. The first kappa shape index (κ1) is 10.5. The fourth-order valence-corrected chi connectivity index (χ4v) is 6.11. The number of hydrogen-bond donors (Lipinski definition) is 2. The van der Waals surface area contributed by atoms with Gasteiger partial charge in [-0.25, -0.2) is 4.90 Å². The van der Waals surface area contributed by atoms with E-state index in [9.17, 15) is 9.59 Å². The third-order valence-electron chi connectivity index (χ3n) is 3.85. The Bertz CT molecular complexity index is 441. The zero-order valence-corrected chi connectivity index (χ0v) is 10.5. The minimum absolute atomic E-state index is 0.144. The Labute approximate surface area is 106 Å². The van der Waals surface area contributed by atoms with Crippen molar-refractivity contribution in [3.05, 3.63) is 0 Å². The molecule has 4 aliphatic heterocycles. The number of carbonyl (C=O) groups excluding carboxylic acids is 1. The highest BCUT2D eigenvalue weighted by Crippen LogP contribution is 2.60. The van der Waals surface area contributed by atoms with Crippen LogP contribution in [0.1, 0.15) is 0 Å². The van der Waals surface area contributed by atoms with Crippen molar-refractivity contribution in [2.24, 2.45) is 0 Å². The van der Waals surface area contributed by atoms with E-state index in [2.05, 4.69) is 5.32 Å². The molecule has 4 saturated heterocycles. The third kappa shape index (κ3) is 1.08. The zero-order valence-electron chi connectivity index (χ0n) is 8.88. The van der Waals surface area contributed by atoms with E-state index in [-0.39, 0.29) is 11.4 Å². The molecule has 1 amide bonds. The van der Waals surface area contributed by atoms with Crippen LogP contribution in [0.4, 0.5) is 0 Å². The number of carboxylic acids is 1. The van der Waals surface area contributed by atoms with Crippen molar-refractivity contribution in [2.45, 2.75) is 15.9 Å². The molecule has 4 rings (SSSR count). The summed E-state index contributed by atoms with van der Waals surface area (Å²) < 4.78 is -0.421. The van der Waals surface area contributed by atoms with Crippen molar-refractivity contribution in [1.29, 1.82) is 0 Å². The van der Waals surface area contributed by atoms with Gasteiger partial charge in [0.05, 0.1) is 6.67 Å². The number of thioether (sulfide) groups is 2. The van der Waals surface area contributed by atoms with Crippen LogP contribution in [0.25, 0.3) is 0 Å². The van der Waals surface area contributed by atoms with Gasteiger partial charge in [0.15, 0.2) is 4.33 Å². The molecule has 0 aromatic heterocycles. The van der Waals surface area contributed by atoms with Gasteiger partial charge >= 0.3 is 5.97 Å². The van der Waals surface area contributed by atoms with Crippen LogP contribution < -0.4 is 5.32 Å². The molecule has 0 bridgehead atoms. The second-order valence-electron chi connectivity index (χ2n) is 4.78. The molecule has 92 valence electrons. The molecule has 6 nitrogen and oxygen atoms in total. The molecular weight excluding hydrogens is 262 g/mol. The normalized spacial score (nSPS) is 47.6. The van der Waals surface area contributed by atoms with E-state index in [1.807, 2.05) is 9.80 Å². The van der Waals surface area contributed by atoms with Crippen molar-refractivity contribution in [3.63, 3.8) is 0 Å². The van der Waals surface area contributed by atoms with Gasteiger partial charge in [-0.3, -0.25) is 19.8 Å². The lowest BCUT2D eigenvalue weighted by Gasteiger charge is -2.59. The molecule has 17 heavy (non-hydrogen) atoms. The SMILES string of the molecule is O=C(O)C1CS[C@]23SCC4(CN4)C(=O)N2CN13. The Balaban J connectivity index is 1.64. The van der Waals surface area contributed by atoms with Gasteiger partial charge in [0.2, 0.25) is 5.91 Å². The second-order valence-corrected chi connectivity index (χ2v) is 7.38. The van der Waals surface area contributed by atoms with Crippen LogP contribution in [-0.2, 0) is 9.59 Å². The van der Waals surface area contributed by atoms with Gasteiger partial charge in [0.1, 0.15) is 11.6 Å². The van der Waals surface area contributed by atoms with Gasteiger partial charge < -0.3 is 5.11 Å². The summed E-state index contributed by atoms with van der Waals surface area (Å²) in [5.74, 6) is 0.669. The lowest BCUT2D eigenvalue weighted by molar-refractivity contribution is -0.170. The van der Waals surface area contributed by atoms with Gasteiger partial charge in [0.25, 0.3) is 0 Å². The first-order valence-corrected chi connectivity index (χ1v) is 7.41. The molecule has 0 aliphatic carbocycles. The first-order chi connectivity index (χ1) is 8.09. The Morgan fingerprint density at radius 1 is 1.53 bits per heavy atom. The van der Waals surface area contributed by atoms with Crippen LogP contribution in [-0.4, -0.2) is 67.4 Å². The number of nitrogens with zero attached hydrogens (tertiary/aromatic N) is 2. The summed E-state index contributed by atoms with van der Waals surface area (Å²) >= 11 is 3.27. The number of amides is 1. The van der Waals surface area contributed by atoms with Crippen LogP contribution in [0.15, 0.2) is 0 Å². The standard InChI is InChI=1S/C9H11N3O3S2/c13-6(14)5-1-16-9-11(5)4-12(9)7(15)8(2-10-8)3-17-9/h5,10H,1-4H2,(H,13,14)/t5?,8?,9-/m1/s1. The average Bonchev–Trinajstić information content (AvgIpc) is 2.99. The summed E-state index contributed by atoms with van der Waals surface area (Å²) in [6, 6.07) is -0.447. The van der Waals surface area contributed by atoms with Crippen LogP contribution in [0.5, 0.6) is 0 Å². The molecule has 4 heterocycles. The van der Waals surface area contributed by atoms with Gasteiger partial charge in [-0.15, -0.1) is 23.5 Å². The molecule has 0 aromatic carbocycles. The molecule has 0 aromatic rings. The van der Waals surface area contributed by atoms with Crippen LogP contribution >= 0.6 is 23.5 Å². The number of carbonyl (C=O) groups is 2. The minimum Gasteiger partial charge on any atom is -0.480 e. The van der Waals surface area contributed by atoms with Gasteiger partial charge in [-0.1, -0.05) is 0 Å². The summed E-state index contributed by atoms with van der Waals surface area (Å²) in [6.07, 6.45) is 0. The second kappa shape index (κ2) is 2.93. The van der Waals surface area contributed by atoms with E-state index in [4.69, 9.17) is 5.11 Å².